The molecule has 1 amide bonds. The number of hydrogen-bond donors (Lipinski definition) is 2. The Kier molecular flexibility index (Phi) is 5.30. The maximum absolute atomic E-state index is 12.3. The highest BCUT2D eigenvalue weighted by Gasteiger charge is 2.34. The van der Waals surface area contributed by atoms with Crippen molar-refractivity contribution in [1.82, 2.24) is 0 Å². The predicted octanol–water partition coefficient (Wildman–Crippen LogP) is 1.79. The number of nitrogens with one attached hydrogen (secondary N) is 2. The first kappa shape index (κ1) is 16.0. The van der Waals surface area contributed by atoms with Gasteiger partial charge in [0.05, 0.1) is 25.6 Å². The molecular formula is C19H26N3O+. The Balaban J connectivity index is 1.48. The second kappa shape index (κ2) is 7.61. The number of carbonyl (C=O) groups excluding carboxylic acids is 1. The molecule has 2 aliphatic rings. The van der Waals surface area contributed by atoms with E-state index in [2.05, 4.69) is 11.4 Å². The zero-order chi connectivity index (χ0) is 16.1. The van der Waals surface area contributed by atoms with E-state index in [1.807, 2.05) is 24.3 Å². The fourth-order valence-electron chi connectivity index (χ4n) is 4.19. The Labute approximate surface area is 138 Å². The van der Waals surface area contributed by atoms with Gasteiger partial charge in [-0.1, -0.05) is 25.0 Å². The molecule has 3 rings (SSSR count). The normalized spacial score (nSPS) is 26.8. The number of anilines is 1. The molecule has 0 bridgehead atoms. The topological polar surface area (TPSA) is 57.3 Å². The van der Waals surface area contributed by atoms with E-state index in [4.69, 9.17) is 5.26 Å². The van der Waals surface area contributed by atoms with Gasteiger partial charge in [-0.3, -0.25) is 4.79 Å². The Morgan fingerprint density at radius 2 is 1.91 bits per heavy atom. The summed E-state index contributed by atoms with van der Waals surface area (Å²) in [7, 11) is 0. The molecule has 1 aliphatic carbocycles. The van der Waals surface area contributed by atoms with Gasteiger partial charge in [0.15, 0.2) is 6.54 Å². The summed E-state index contributed by atoms with van der Waals surface area (Å²) in [4.78, 5) is 13.7. The second-order valence-corrected chi connectivity index (χ2v) is 7.05. The molecule has 1 aliphatic heterocycles. The largest absolute Gasteiger partial charge is 0.327 e. The van der Waals surface area contributed by atoms with Gasteiger partial charge in [0, 0.05) is 11.6 Å². The van der Waals surface area contributed by atoms with Crippen molar-refractivity contribution in [3.8, 4) is 6.07 Å². The number of amides is 1. The molecule has 1 aromatic rings. The Bertz CT molecular complexity index is 575. The third-order valence-electron chi connectivity index (χ3n) is 5.42. The van der Waals surface area contributed by atoms with E-state index in [1.165, 1.54) is 43.5 Å². The summed E-state index contributed by atoms with van der Waals surface area (Å²) in [6.07, 6.45) is 7.23. The molecule has 0 aromatic heterocycles. The van der Waals surface area contributed by atoms with Gasteiger partial charge in [-0.2, -0.15) is 5.26 Å². The van der Waals surface area contributed by atoms with Crippen LogP contribution in [0.4, 0.5) is 5.69 Å². The Morgan fingerprint density at radius 1 is 1.17 bits per heavy atom. The van der Waals surface area contributed by atoms with E-state index in [0.29, 0.717) is 13.0 Å². The molecule has 1 saturated heterocycles. The van der Waals surface area contributed by atoms with Crippen molar-refractivity contribution in [2.24, 2.45) is 11.8 Å². The van der Waals surface area contributed by atoms with Gasteiger partial charge in [0.2, 0.25) is 0 Å². The number of nitriles is 1. The van der Waals surface area contributed by atoms with Gasteiger partial charge >= 0.3 is 0 Å². The highest BCUT2D eigenvalue weighted by Crippen LogP contribution is 2.32. The van der Waals surface area contributed by atoms with Crippen LogP contribution in [0.1, 0.15) is 37.7 Å². The number of carbonyl (C=O) groups is 1. The highest BCUT2D eigenvalue weighted by atomic mass is 16.2. The van der Waals surface area contributed by atoms with E-state index in [1.54, 1.807) is 0 Å². The summed E-state index contributed by atoms with van der Waals surface area (Å²) in [6.45, 7) is 2.87. The van der Waals surface area contributed by atoms with Gasteiger partial charge < -0.3 is 10.2 Å². The summed E-state index contributed by atoms with van der Waals surface area (Å²) < 4.78 is 0. The number of piperidine rings is 1. The lowest BCUT2D eigenvalue weighted by Gasteiger charge is -2.38. The summed E-state index contributed by atoms with van der Waals surface area (Å²) in [5.41, 5.74) is 1.80. The fourth-order valence-corrected chi connectivity index (χ4v) is 4.19. The van der Waals surface area contributed by atoms with Crippen LogP contribution in [0.5, 0.6) is 0 Å². The van der Waals surface area contributed by atoms with Crippen LogP contribution < -0.4 is 10.2 Å². The number of likely N-dealkylation sites (tertiary alicyclic amines) is 1. The summed E-state index contributed by atoms with van der Waals surface area (Å²) >= 11 is 0. The minimum atomic E-state index is 0.0993. The van der Waals surface area contributed by atoms with Crippen LogP contribution in [-0.4, -0.2) is 25.5 Å². The Hall–Kier alpha value is -1.86. The van der Waals surface area contributed by atoms with Crippen molar-refractivity contribution in [1.29, 1.82) is 5.26 Å². The number of hydrogen-bond acceptors (Lipinski definition) is 2. The maximum atomic E-state index is 12.3. The molecule has 1 saturated carbocycles. The number of rotatable bonds is 4. The smallest absolute Gasteiger partial charge is 0.279 e. The monoisotopic (exact) mass is 312 g/mol. The number of nitrogens with zero attached hydrogens (tertiary/aromatic N) is 1. The van der Waals surface area contributed by atoms with E-state index in [-0.39, 0.29) is 5.91 Å². The third kappa shape index (κ3) is 4.33. The van der Waals surface area contributed by atoms with Crippen molar-refractivity contribution in [3.63, 3.8) is 0 Å². The van der Waals surface area contributed by atoms with E-state index < -0.39 is 0 Å². The van der Waals surface area contributed by atoms with E-state index in [9.17, 15) is 4.79 Å². The van der Waals surface area contributed by atoms with Crippen LogP contribution in [0.15, 0.2) is 24.3 Å². The van der Waals surface area contributed by atoms with Crippen molar-refractivity contribution < 1.29 is 9.69 Å². The number of fused-ring (bicyclic) bond motifs is 1. The summed E-state index contributed by atoms with van der Waals surface area (Å²) in [5.74, 6) is 1.86. The van der Waals surface area contributed by atoms with Crippen LogP contribution in [0.2, 0.25) is 0 Å². The van der Waals surface area contributed by atoms with Crippen molar-refractivity contribution in [2.75, 3.05) is 25.0 Å². The molecule has 0 radical (unpaired) electrons. The Morgan fingerprint density at radius 3 is 2.65 bits per heavy atom. The summed E-state index contributed by atoms with van der Waals surface area (Å²) in [6, 6.07) is 9.70. The third-order valence-corrected chi connectivity index (χ3v) is 5.42. The van der Waals surface area contributed by atoms with Gasteiger partial charge in [0.1, 0.15) is 0 Å². The molecule has 1 heterocycles. The lowest BCUT2D eigenvalue weighted by atomic mass is 9.75. The first-order valence-electron chi connectivity index (χ1n) is 8.84. The van der Waals surface area contributed by atoms with Gasteiger partial charge in [-0.05, 0) is 42.9 Å². The zero-order valence-corrected chi connectivity index (χ0v) is 13.7. The average Bonchev–Trinajstić information content (AvgIpc) is 2.57. The van der Waals surface area contributed by atoms with Gasteiger partial charge in [-0.15, -0.1) is 0 Å². The standard InChI is InChI=1S/C19H25N3O/c20-11-9-15-5-7-18(8-6-15)21-19(23)14-22-12-10-16-3-1-2-4-17(16)13-22/h5-8,16-17H,1-4,9-10,12-14H2,(H,21,23)/p+1/t16-,17-/m1/s1. The molecule has 4 nitrogen and oxygen atoms in total. The fraction of sp³-hybridized carbons (Fsp3) is 0.579. The molecular weight excluding hydrogens is 286 g/mol. The lowest BCUT2D eigenvalue weighted by Crippen LogP contribution is -3.15. The zero-order valence-electron chi connectivity index (χ0n) is 13.7. The average molecular weight is 312 g/mol. The quantitative estimate of drug-likeness (QED) is 0.890. The molecule has 2 N–H and O–H groups in total. The molecule has 23 heavy (non-hydrogen) atoms. The second-order valence-electron chi connectivity index (χ2n) is 7.05. The van der Waals surface area contributed by atoms with Crippen LogP contribution in [-0.2, 0) is 11.2 Å². The van der Waals surface area contributed by atoms with Crippen LogP contribution in [0.25, 0.3) is 0 Å². The van der Waals surface area contributed by atoms with Gasteiger partial charge in [-0.25, -0.2) is 0 Å². The molecule has 4 heteroatoms. The summed E-state index contributed by atoms with van der Waals surface area (Å²) in [5, 5.41) is 11.7. The predicted molar refractivity (Wildman–Crippen MR) is 90.0 cm³/mol. The molecule has 3 atom stereocenters. The van der Waals surface area contributed by atoms with Crippen LogP contribution >= 0.6 is 0 Å². The highest BCUT2D eigenvalue weighted by molar-refractivity contribution is 5.91. The molecule has 1 aromatic carbocycles. The van der Waals surface area contributed by atoms with E-state index >= 15 is 0 Å². The van der Waals surface area contributed by atoms with Crippen LogP contribution in [0, 0.1) is 23.2 Å². The van der Waals surface area contributed by atoms with E-state index in [0.717, 1.165) is 29.6 Å². The SMILES string of the molecule is N#CCc1ccc(NC(=O)C[NH+]2CC[C@H]3CCCC[C@@H]3C2)cc1. The minimum absolute atomic E-state index is 0.0993. The molecule has 0 spiro atoms. The van der Waals surface area contributed by atoms with Crippen molar-refractivity contribution >= 4 is 11.6 Å². The first-order valence-corrected chi connectivity index (χ1v) is 8.84. The minimum Gasteiger partial charge on any atom is -0.327 e. The molecule has 2 fully saturated rings. The molecule has 122 valence electrons. The van der Waals surface area contributed by atoms with Crippen molar-refractivity contribution in [2.45, 2.75) is 38.5 Å². The molecule has 1 unspecified atom stereocenters. The number of benzene rings is 1. The van der Waals surface area contributed by atoms with Gasteiger partial charge in [0.25, 0.3) is 5.91 Å². The number of quaternary nitrogens is 1. The maximum Gasteiger partial charge on any atom is 0.279 e. The van der Waals surface area contributed by atoms with Crippen molar-refractivity contribution in [3.05, 3.63) is 29.8 Å². The lowest BCUT2D eigenvalue weighted by molar-refractivity contribution is -0.902. The first-order chi connectivity index (χ1) is 11.2. The van der Waals surface area contributed by atoms with Crippen LogP contribution in [0.3, 0.4) is 0 Å².